The average molecular weight is 257 g/mol. The zero-order chi connectivity index (χ0) is 12.3. The Morgan fingerprint density at radius 1 is 1.56 bits per heavy atom. The fourth-order valence-corrected chi connectivity index (χ4v) is 1.90. The van der Waals surface area contributed by atoms with Gasteiger partial charge < -0.3 is 10.6 Å². The number of hydrogen-bond donors (Lipinski definition) is 1. The van der Waals surface area contributed by atoms with Crippen molar-refractivity contribution in [3.05, 3.63) is 28.8 Å². The number of anilines is 1. The molecule has 0 aliphatic carbocycles. The third-order valence-corrected chi connectivity index (χ3v) is 3.40. The molecule has 0 fully saturated rings. The van der Waals surface area contributed by atoms with E-state index in [1.165, 1.54) is 0 Å². The number of halogens is 1. The minimum atomic E-state index is 0.375. The smallest absolute Gasteiger partial charge is 0.104 e. The van der Waals surface area contributed by atoms with Crippen molar-refractivity contribution in [2.75, 3.05) is 11.9 Å². The maximum Gasteiger partial charge on any atom is 0.104 e. The molecule has 0 spiro atoms. The van der Waals surface area contributed by atoms with Crippen LogP contribution < -0.4 is 10.6 Å². The minimum absolute atomic E-state index is 0.375. The number of nitrogens with zero attached hydrogens (tertiary/aromatic N) is 1. The van der Waals surface area contributed by atoms with Gasteiger partial charge in [-0.3, -0.25) is 0 Å². The molecule has 1 rings (SSSR count). The predicted molar refractivity (Wildman–Crippen MR) is 75.5 cm³/mol. The fraction of sp³-hybridized carbons (Fsp3) is 0.417. The first-order valence-corrected chi connectivity index (χ1v) is 6.08. The third-order valence-electron chi connectivity index (χ3n) is 2.86. The van der Waals surface area contributed by atoms with Gasteiger partial charge in [-0.2, -0.15) is 0 Å². The first kappa shape index (κ1) is 13.3. The van der Waals surface area contributed by atoms with Gasteiger partial charge in [0.05, 0.1) is 10.7 Å². The highest BCUT2D eigenvalue weighted by Crippen LogP contribution is 2.27. The molecule has 1 unspecified atom stereocenters. The van der Waals surface area contributed by atoms with Crippen molar-refractivity contribution in [3.63, 3.8) is 0 Å². The Morgan fingerprint density at radius 2 is 2.19 bits per heavy atom. The molecule has 0 saturated carbocycles. The van der Waals surface area contributed by atoms with Crippen molar-refractivity contribution in [1.82, 2.24) is 0 Å². The van der Waals surface area contributed by atoms with Crippen LogP contribution in [0, 0.1) is 0 Å². The molecule has 2 N–H and O–H groups in total. The second-order valence-electron chi connectivity index (χ2n) is 3.90. The molecular weight excluding hydrogens is 240 g/mol. The van der Waals surface area contributed by atoms with E-state index in [2.05, 4.69) is 18.7 Å². The van der Waals surface area contributed by atoms with Gasteiger partial charge in [0, 0.05) is 18.7 Å². The Bertz CT molecular complexity index is 393. The summed E-state index contributed by atoms with van der Waals surface area (Å²) in [5.41, 5.74) is 7.37. The summed E-state index contributed by atoms with van der Waals surface area (Å²) in [5.74, 6) is 0. The molecule has 0 aliphatic heterocycles. The molecule has 4 heteroatoms. The quantitative estimate of drug-likeness (QED) is 0.839. The van der Waals surface area contributed by atoms with Gasteiger partial charge in [-0.25, -0.2) is 0 Å². The summed E-state index contributed by atoms with van der Waals surface area (Å²) in [7, 11) is 2.04. The molecular formula is C12H17ClN2S. The molecule has 0 heterocycles. The zero-order valence-corrected chi connectivity index (χ0v) is 11.4. The van der Waals surface area contributed by atoms with Crippen LogP contribution in [0.1, 0.15) is 25.8 Å². The Kier molecular flexibility index (Phi) is 4.56. The second-order valence-corrected chi connectivity index (χ2v) is 4.75. The predicted octanol–water partition coefficient (Wildman–Crippen LogP) is 3.21. The average Bonchev–Trinajstić information content (AvgIpc) is 2.26. The molecule has 0 aliphatic rings. The minimum Gasteiger partial charge on any atom is -0.389 e. The highest BCUT2D eigenvalue weighted by Gasteiger charge is 2.12. The van der Waals surface area contributed by atoms with Crippen LogP contribution in [0.4, 0.5) is 5.69 Å². The van der Waals surface area contributed by atoms with Crippen LogP contribution in [-0.4, -0.2) is 18.1 Å². The SMILES string of the molecule is CCC(C)N(C)c1ccc(C(N)=S)cc1Cl. The number of rotatable bonds is 4. The summed E-state index contributed by atoms with van der Waals surface area (Å²) in [6.45, 7) is 4.32. The van der Waals surface area contributed by atoms with Gasteiger partial charge in [-0.1, -0.05) is 30.7 Å². The van der Waals surface area contributed by atoms with E-state index >= 15 is 0 Å². The molecule has 0 saturated heterocycles. The van der Waals surface area contributed by atoms with Gasteiger partial charge >= 0.3 is 0 Å². The first-order chi connectivity index (χ1) is 7.47. The number of hydrogen-bond acceptors (Lipinski definition) is 2. The van der Waals surface area contributed by atoms with Crippen molar-refractivity contribution in [2.24, 2.45) is 5.73 Å². The number of thiocarbonyl (C=S) groups is 1. The highest BCUT2D eigenvalue weighted by molar-refractivity contribution is 7.80. The van der Waals surface area contributed by atoms with Crippen LogP contribution in [-0.2, 0) is 0 Å². The molecule has 0 bridgehead atoms. The summed E-state index contributed by atoms with van der Waals surface area (Å²) in [5, 5.41) is 0.688. The molecule has 0 amide bonds. The molecule has 0 radical (unpaired) electrons. The van der Waals surface area contributed by atoms with E-state index in [0.717, 1.165) is 17.7 Å². The first-order valence-electron chi connectivity index (χ1n) is 5.29. The zero-order valence-electron chi connectivity index (χ0n) is 9.83. The molecule has 1 aromatic rings. The number of benzene rings is 1. The summed E-state index contributed by atoms with van der Waals surface area (Å²) < 4.78 is 0. The lowest BCUT2D eigenvalue weighted by molar-refractivity contribution is 0.664. The van der Waals surface area contributed by atoms with Gasteiger partial charge in [0.15, 0.2) is 0 Å². The molecule has 1 aromatic carbocycles. The molecule has 16 heavy (non-hydrogen) atoms. The normalized spacial score (nSPS) is 12.2. The van der Waals surface area contributed by atoms with E-state index in [-0.39, 0.29) is 0 Å². The summed E-state index contributed by atoms with van der Waals surface area (Å²) in [6, 6.07) is 6.14. The highest BCUT2D eigenvalue weighted by atomic mass is 35.5. The third kappa shape index (κ3) is 2.86. The lowest BCUT2D eigenvalue weighted by Gasteiger charge is -2.27. The van der Waals surface area contributed by atoms with Crippen molar-refractivity contribution in [1.29, 1.82) is 0 Å². The summed E-state index contributed by atoms with van der Waals surface area (Å²) >= 11 is 11.1. The van der Waals surface area contributed by atoms with Gasteiger partial charge in [0.2, 0.25) is 0 Å². The van der Waals surface area contributed by atoms with E-state index in [1.807, 2.05) is 25.2 Å². The maximum absolute atomic E-state index is 6.21. The lowest BCUT2D eigenvalue weighted by Crippen LogP contribution is -2.28. The Hall–Kier alpha value is -0.800. The second kappa shape index (κ2) is 5.51. The monoisotopic (exact) mass is 256 g/mol. The van der Waals surface area contributed by atoms with E-state index < -0.39 is 0 Å². The van der Waals surface area contributed by atoms with Crippen LogP contribution in [0.15, 0.2) is 18.2 Å². The van der Waals surface area contributed by atoms with Gasteiger partial charge in [0.1, 0.15) is 4.99 Å². The summed E-state index contributed by atoms with van der Waals surface area (Å²) in [6.07, 6.45) is 1.07. The lowest BCUT2D eigenvalue weighted by atomic mass is 10.1. The van der Waals surface area contributed by atoms with Crippen molar-refractivity contribution in [2.45, 2.75) is 26.3 Å². The van der Waals surface area contributed by atoms with E-state index in [1.54, 1.807) is 0 Å². The Balaban J connectivity index is 3.03. The van der Waals surface area contributed by atoms with Crippen LogP contribution in [0.5, 0.6) is 0 Å². The van der Waals surface area contributed by atoms with Crippen LogP contribution in [0.3, 0.4) is 0 Å². The van der Waals surface area contributed by atoms with E-state index in [0.29, 0.717) is 16.1 Å². The van der Waals surface area contributed by atoms with E-state index in [9.17, 15) is 0 Å². The maximum atomic E-state index is 6.21. The molecule has 2 nitrogen and oxygen atoms in total. The molecule has 1 atom stereocenters. The number of nitrogens with two attached hydrogens (primary N) is 1. The van der Waals surface area contributed by atoms with Gasteiger partial charge in [0.25, 0.3) is 0 Å². The van der Waals surface area contributed by atoms with Gasteiger partial charge in [-0.05, 0) is 31.5 Å². The Morgan fingerprint density at radius 3 is 2.62 bits per heavy atom. The van der Waals surface area contributed by atoms with Crippen LogP contribution in [0.25, 0.3) is 0 Å². The topological polar surface area (TPSA) is 29.3 Å². The standard InChI is InChI=1S/C12H17ClN2S/c1-4-8(2)15(3)11-6-5-9(12(14)16)7-10(11)13/h5-8H,4H2,1-3H3,(H2,14,16). The van der Waals surface area contributed by atoms with Crippen molar-refractivity contribution in [3.8, 4) is 0 Å². The summed E-state index contributed by atoms with van der Waals surface area (Å²) in [4.78, 5) is 2.53. The largest absolute Gasteiger partial charge is 0.389 e. The fourth-order valence-electron chi connectivity index (χ4n) is 1.46. The van der Waals surface area contributed by atoms with Crippen molar-refractivity contribution >= 4 is 34.5 Å². The van der Waals surface area contributed by atoms with E-state index in [4.69, 9.17) is 29.6 Å². The van der Waals surface area contributed by atoms with Crippen molar-refractivity contribution < 1.29 is 0 Å². The van der Waals surface area contributed by atoms with Crippen LogP contribution in [0.2, 0.25) is 5.02 Å². The molecule has 0 aromatic heterocycles. The van der Waals surface area contributed by atoms with Crippen LogP contribution >= 0.6 is 23.8 Å². The van der Waals surface area contributed by atoms with Gasteiger partial charge in [-0.15, -0.1) is 0 Å². The Labute approximate surface area is 107 Å². The molecule has 88 valence electrons.